The normalized spacial score (nSPS) is 21.8. The van der Waals surface area contributed by atoms with E-state index in [0.717, 1.165) is 58.2 Å². The first-order chi connectivity index (χ1) is 13.6. The molecule has 2 fully saturated rings. The van der Waals surface area contributed by atoms with Gasteiger partial charge in [-0.05, 0) is 85.1 Å². The molecule has 0 aromatic rings. The van der Waals surface area contributed by atoms with Crippen LogP contribution in [0.15, 0.2) is 4.99 Å². The molecule has 0 saturated carbocycles. The fraction of sp³-hybridized carbons (Fsp3) is 0.955. The molecule has 6 nitrogen and oxygen atoms in total. The van der Waals surface area contributed by atoms with Crippen molar-refractivity contribution in [1.82, 2.24) is 20.4 Å². The van der Waals surface area contributed by atoms with Crippen molar-refractivity contribution in [3.63, 3.8) is 0 Å². The molecule has 2 aliphatic heterocycles. The second-order valence-corrected chi connectivity index (χ2v) is 8.44. The lowest BCUT2D eigenvalue weighted by atomic mass is 9.88. The summed E-state index contributed by atoms with van der Waals surface area (Å²) in [4.78, 5) is 10.2. The largest absolute Gasteiger partial charge is 0.381 e. The molecule has 0 aromatic carbocycles. The Hall–Kier alpha value is -0.850. The zero-order chi connectivity index (χ0) is 20.2. The van der Waals surface area contributed by atoms with Crippen molar-refractivity contribution in [3.8, 4) is 0 Å². The van der Waals surface area contributed by atoms with Crippen molar-refractivity contribution in [2.24, 2.45) is 4.99 Å². The predicted octanol–water partition coefficient (Wildman–Crippen LogP) is 2.70. The molecule has 164 valence electrons. The molecule has 0 amide bonds. The average molecular weight is 396 g/mol. The van der Waals surface area contributed by atoms with Crippen molar-refractivity contribution in [2.45, 2.75) is 77.8 Å². The SMILES string of the molecule is CCNC(=NCC1(N2CCCC2)CCOCC1)NC(C)CCCN(CC)CC. The van der Waals surface area contributed by atoms with Crippen LogP contribution in [0.4, 0.5) is 0 Å². The lowest BCUT2D eigenvalue weighted by Crippen LogP contribution is -2.54. The molecule has 1 unspecified atom stereocenters. The van der Waals surface area contributed by atoms with Crippen LogP contribution in [-0.4, -0.2) is 86.4 Å². The fourth-order valence-electron chi connectivity index (χ4n) is 4.53. The zero-order valence-corrected chi connectivity index (χ0v) is 18.9. The van der Waals surface area contributed by atoms with E-state index in [9.17, 15) is 0 Å². The predicted molar refractivity (Wildman–Crippen MR) is 119 cm³/mol. The van der Waals surface area contributed by atoms with E-state index >= 15 is 0 Å². The van der Waals surface area contributed by atoms with Gasteiger partial charge in [0.15, 0.2) is 5.96 Å². The van der Waals surface area contributed by atoms with E-state index in [1.165, 1.54) is 45.3 Å². The maximum atomic E-state index is 5.67. The number of nitrogens with zero attached hydrogens (tertiary/aromatic N) is 3. The number of hydrogen-bond acceptors (Lipinski definition) is 4. The Balaban J connectivity index is 1.90. The maximum absolute atomic E-state index is 5.67. The first kappa shape index (κ1) is 23.4. The Kier molecular flexibility index (Phi) is 10.6. The third-order valence-electron chi connectivity index (χ3n) is 6.47. The summed E-state index contributed by atoms with van der Waals surface area (Å²) in [6.45, 7) is 18.3. The number of nitrogens with one attached hydrogen (secondary N) is 2. The van der Waals surface area contributed by atoms with Gasteiger partial charge in [0.1, 0.15) is 0 Å². The number of rotatable bonds is 11. The first-order valence-corrected chi connectivity index (χ1v) is 11.7. The van der Waals surface area contributed by atoms with Crippen LogP contribution in [-0.2, 0) is 4.74 Å². The number of guanidine groups is 1. The van der Waals surface area contributed by atoms with Crippen molar-refractivity contribution < 1.29 is 4.74 Å². The van der Waals surface area contributed by atoms with Gasteiger partial charge in [0.25, 0.3) is 0 Å². The van der Waals surface area contributed by atoms with Gasteiger partial charge in [-0.25, -0.2) is 0 Å². The van der Waals surface area contributed by atoms with Crippen LogP contribution in [0.2, 0.25) is 0 Å². The van der Waals surface area contributed by atoms with Crippen molar-refractivity contribution >= 4 is 5.96 Å². The van der Waals surface area contributed by atoms with Crippen LogP contribution in [0.25, 0.3) is 0 Å². The highest BCUT2D eigenvalue weighted by atomic mass is 16.5. The van der Waals surface area contributed by atoms with Gasteiger partial charge < -0.3 is 20.3 Å². The molecule has 0 radical (unpaired) electrons. The highest BCUT2D eigenvalue weighted by molar-refractivity contribution is 5.80. The second-order valence-electron chi connectivity index (χ2n) is 8.44. The lowest BCUT2D eigenvalue weighted by Gasteiger charge is -2.43. The molecule has 2 heterocycles. The Morgan fingerprint density at radius 1 is 1.14 bits per heavy atom. The van der Waals surface area contributed by atoms with E-state index in [2.05, 4.69) is 48.1 Å². The summed E-state index contributed by atoms with van der Waals surface area (Å²) in [6.07, 6.45) is 7.27. The van der Waals surface area contributed by atoms with Gasteiger partial charge in [-0.3, -0.25) is 9.89 Å². The van der Waals surface area contributed by atoms with Gasteiger partial charge in [-0.1, -0.05) is 13.8 Å². The summed E-state index contributed by atoms with van der Waals surface area (Å²) in [6, 6.07) is 0.436. The molecule has 28 heavy (non-hydrogen) atoms. The summed E-state index contributed by atoms with van der Waals surface area (Å²) in [5.41, 5.74) is 0.198. The van der Waals surface area contributed by atoms with E-state index in [1.807, 2.05) is 0 Å². The third kappa shape index (κ3) is 7.20. The van der Waals surface area contributed by atoms with Gasteiger partial charge >= 0.3 is 0 Å². The Morgan fingerprint density at radius 3 is 2.43 bits per heavy atom. The van der Waals surface area contributed by atoms with E-state index in [0.29, 0.717) is 6.04 Å². The highest BCUT2D eigenvalue weighted by Crippen LogP contribution is 2.31. The number of ether oxygens (including phenoxy) is 1. The first-order valence-electron chi connectivity index (χ1n) is 11.7. The average Bonchev–Trinajstić information content (AvgIpc) is 3.26. The Bertz CT molecular complexity index is 440. The maximum Gasteiger partial charge on any atom is 0.191 e. The lowest BCUT2D eigenvalue weighted by molar-refractivity contribution is -0.0139. The Morgan fingerprint density at radius 2 is 1.82 bits per heavy atom. The standard InChI is InChI=1S/C22H45N5O/c1-5-23-21(25-20(4)11-10-14-26(6-2)7-3)24-19-22(12-17-28-18-13-22)27-15-8-9-16-27/h20H,5-19H2,1-4H3,(H2,23,24,25). The molecule has 1 atom stereocenters. The van der Waals surface area contributed by atoms with E-state index in [-0.39, 0.29) is 5.54 Å². The summed E-state index contributed by atoms with van der Waals surface area (Å²) in [5.74, 6) is 0.975. The number of aliphatic imine (C=N–C) groups is 1. The zero-order valence-electron chi connectivity index (χ0n) is 18.9. The minimum atomic E-state index is 0.198. The molecule has 0 bridgehead atoms. The van der Waals surface area contributed by atoms with Gasteiger partial charge in [0.05, 0.1) is 6.54 Å². The second kappa shape index (κ2) is 12.7. The quantitative estimate of drug-likeness (QED) is 0.416. The minimum absolute atomic E-state index is 0.198. The number of hydrogen-bond donors (Lipinski definition) is 2. The van der Waals surface area contributed by atoms with Crippen LogP contribution in [0.5, 0.6) is 0 Å². The van der Waals surface area contributed by atoms with Gasteiger partial charge in [0.2, 0.25) is 0 Å². The molecule has 2 N–H and O–H groups in total. The fourth-order valence-corrected chi connectivity index (χ4v) is 4.53. The molecule has 0 aliphatic carbocycles. The van der Waals surface area contributed by atoms with Crippen LogP contribution < -0.4 is 10.6 Å². The van der Waals surface area contributed by atoms with E-state index < -0.39 is 0 Å². The van der Waals surface area contributed by atoms with Crippen LogP contribution in [0.3, 0.4) is 0 Å². The molecule has 6 heteroatoms. The summed E-state index contributed by atoms with van der Waals surface area (Å²) in [7, 11) is 0. The highest BCUT2D eigenvalue weighted by Gasteiger charge is 2.39. The summed E-state index contributed by atoms with van der Waals surface area (Å²) < 4.78 is 5.67. The van der Waals surface area contributed by atoms with Gasteiger partial charge in [0, 0.05) is 31.3 Å². The topological polar surface area (TPSA) is 52.1 Å². The molecule has 0 aromatic heterocycles. The molecule has 2 rings (SSSR count). The van der Waals surface area contributed by atoms with Gasteiger partial charge in [-0.15, -0.1) is 0 Å². The summed E-state index contributed by atoms with van der Waals surface area (Å²) in [5, 5.41) is 7.11. The van der Waals surface area contributed by atoms with E-state index in [1.54, 1.807) is 0 Å². The van der Waals surface area contributed by atoms with Crippen molar-refractivity contribution in [2.75, 3.05) is 59.0 Å². The van der Waals surface area contributed by atoms with Crippen LogP contribution >= 0.6 is 0 Å². The number of likely N-dealkylation sites (tertiary alicyclic amines) is 1. The monoisotopic (exact) mass is 395 g/mol. The van der Waals surface area contributed by atoms with Crippen LogP contribution in [0.1, 0.15) is 66.2 Å². The van der Waals surface area contributed by atoms with Crippen LogP contribution in [0, 0.1) is 0 Å². The third-order valence-corrected chi connectivity index (χ3v) is 6.47. The van der Waals surface area contributed by atoms with E-state index in [4.69, 9.17) is 9.73 Å². The van der Waals surface area contributed by atoms with Crippen molar-refractivity contribution in [1.29, 1.82) is 0 Å². The molecule has 2 saturated heterocycles. The molecule has 0 spiro atoms. The smallest absolute Gasteiger partial charge is 0.191 e. The summed E-state index contributed by atoms with van der Waals surface area (Å²) >= 11 is 0. The molecule has 2 aliphatic rings. The minimum Gasteiger partial charge on any atom is -0.381 e. The molecular weight excluding hydrogens is 350 g/mol. The Labute approximate surface area is 173 Å². The molecular formula is C22H45N5O. The van der Waals surface area contributed by atoms with Gasteiger partial charge in [-0.2, -0.15) is 0 Å². The van der Waals surface area contributed by atoms with Crippen molar-refractivity contribution in [3.05, 3.63) is 0 Å².